The molecule has 0 radical (unpaired) electrons. The second-order valence-electron chi connectivity index (χ2n) is 13.3. The molecule has 2 N–H and O–H groups in total. The number of methoxy groups -OCH3 is 1. The van der Waals surface area contributed by atoms with E-state index >= 15 is 4.39 Å². The zero-order valence-electron chi connectivity index (χ0n) is 27.5. The van der Waals surface area contributed by atoms with E-state index in [1.165, 1.54) is 20.0 Å². The zero-order valence-corrected chi connectivity index (χ0v) is 28.2. The molecule has 3 unspecified atom stereocenters. The number of carbonyl (C=O) groups excluding carboxylic acids is 1. The van der Waals surface area contributed by atoms with Gasteiger partial charge in [0, 0.05) is 56.3 Å². The molecule has 17 heteroatoms. The molecule has 1 amide bonds. The Morgan fingerprint density at radius 1 is 1.10 bits per heavy atom. The number of benzene rings is 1. The van der Waals surface area contributed by atoms with Crippen LogP contribution in [-0.2, 0) is 37.0 Å². The fraction of sp³-hybridized carbons (Fsp3) is 0.576. The number of likely N-dealkylation sites (tertiary alicyclic amines) is 1. The Morgan fingerprint density at radius 2 is 1.88 bits per heavy atom. The van der Waals surface area contributed by atoms with E-state index in [0.717, 1.165) is 31.5 Å². The van der Waals surface area contributed by atoms with E-state index in [9.17, 15) is 22.4 Å². The molecule has 0 bridgehead atoms. The highest BCUT2D eigenvalue weighted by Gasteiger charge is 2.40. The molecular formula is C33H38ClF5N8O3. The summed E-state index contributed by atoms with van der Waals surface area (Å²) in [5.41, 5.74) is 5.17. The minimum absolute atomic E-state index is 0.000920. The maximum Gasteiger partial charge on any atom is 0.416 e. The van der Waals surface area contributed by atoms with Gasteiger partial charge in [0.05, 0.1) is 54.0 Å². The number of hydrogen-bond donors (Lipinski definition) is 1. The van der Waals surface area contributed by atoms with E-state index in [2.05, 4.69) is 20.0 Å². The number of ether oxygens (including phenoxy) is 2. The van der Waals surface area contributed by atoms with Gasteiger partial charge in [-0.3, -0.25) is 14.4 Å². The van der Waals surface area contributed by atoms with E-state index in [4.69, 9.17) is 26.8 Å². The number of fused-ring (bicyclic) bond motifs is 3. The molecule has 3 atom stereocenters. The van der Waals surface area contributed by atoms with Crippen LogP contribution in [0.2, 0.25) is 5.02 Å². The minimum Gasteiger partial charge on any atom is -0.467 e. The smallest absolute Gasteiger partial charge is 0.416 e. The largest absolute Gasteiger partial charge is 0.467 e. The quantitative estimate of drug-likeness (QED) is 0.282. The molecule has 5 aliphatic heterocycles. The Morgan fingerprint density at radius 3 is 2.58 bits per heavy atom. The van der Waals surface area contributed by atoms with Crippen molar-refractivity contribution in [1.29, 1.82) is 0 Å². The number of aromatic nitrogens is 4. The third-order valence-electron chi connectivity index (χ3n) is 10.1. The highest BCUT2D eigenvalue weighted by Crippen LogP contribution is 2.43. The van der Waals surface area contributed by atoms with Crippen LogP contribution in [0.15, 0.2) is 12.1 Å². The van der Waals surface area contributed by atoms with E-state index in [0.29, 0.717) is 68.0 Å². The van der Waals surface area contributed by atoms with Crippen LogP contribution in [0, 0.1) is 5.82 Å². The normalized spacial score (nSPS) is 23.3. The lowest BCUT2D eigenvalue weighted by atomic mass is 9.94. The van der Waals surface area contributed by atoms with E-state index in [1.807, 2.05) is 4.90 Å². The van der Waals surface area contributed by atoms with Gasteiger partial charge in [-0.25, -0.2) is 8.78 Å². The molecule has 7 heterocycles. The molecule has 0 saturated carbocycles. The van der Waals surface area contributed by atoms with E-state index in [-0.39, 0.29) is 42.2 Å². The highest BCUT2D eigenvalue weighted by molar-refractivity contribution is 6.34. The number of hydrogen-bond acceptors (Lipinski definition) is 9. The Kier molecular flexibility index (Phi) is 9.54. The van der Waals surface area contributed by atoms with Crippen molar-refractivity contribution >= 4 is 29.0 Å². The van der Waals surface area contributed by atoms with Gasteiger partial charge < -0.3 is 25.0 Å². The lowest BCUT2D eigenvalue weighted by molar-refractivity contribution is -0.140. The average Bonchev–Trinajstić information content (AvgIpc) is 3.67. The number of amides is 1. The number of nitrogens with zero attached hydrogens (tertiary/aromatic N) is 7. The first-order valence-electron chi connectivity index (χ1n) is 16.8. The fourth-order valence-electron chi connectivity index (χ4n) is 7.44. The van der Waals surface area contributed by atoms with Crippen LogP contribution in [0.4, 0.5) is 33.5 Å². The summed E-state index contributed by atoms with van der Waals surface area (Å²) in [5.74, 6) is -0.926. The molecule has 270 valence electrons. The van der Waals surface area contributed by atoms with Gasteiger partial charge in [0.15, 0.2) is 11.5 Å². The first kappa shape index (κ1) is 34.7. The van der Waals surface area contributed by atoms with Crippen LogP contribution in [-0.4, -0.2) is 87.5 Å². The molecule has 3 aromatic rings. The van der Waals surface area contributed by atoms with Crippen LogP contribution < -0.4 is 15.4 Å². The van der Waals surface area contributed by atoms with Crippen molar-refractivity contribution in [3.8, 4) is 6.01 Å². The summed E-state index contributed by atoms with van der Waals surface area (Å²) in [6.45, 7) is 4.34. The van der Waals surface area contributed by atoms with E-state index in [1.54, 1.807) is 9.58 Å². The standard InChI is InChI=1S/C26H26ClF4N7O3.C7H12FN/c1-40-25-33-16-10-18(19-14(26(29,30)31)4-5-15(32)21(19)28)41-12-13(16)23(34-25)37-8-3-9-38-17(11-37)20(27)22(35-38)24(39)36-6-2-7-36;8-6-4-7-2-1-3-9(7)5-6/h4-5,18H,2-3,6-12,32H2,1H3;6-7H,1-5H2. The summed E-state index contributed by atoms with van der Waals surface area (Å²) in [4.78, 5) is 27.7. The summed E-state index contributed by atoms with van der Waals surface area (Å²) < 4.78 is 81.9. The predicted molar refractivity (Wildman–Crippen MR) is 173 cm³/mol. The SMILES string of the molecule is COc1nc2c(c(N3CCCn4nc(C(=O)N5CCC5)c(Cl)c4C3)n1)COC(c1c(C(F)(F)F)ccc(N)c1F)C2.FC1CC2CCCN2C1. The molecule has 3 fully saturated rings. The van der Waals surface area contributed by atoms with Gasteiger partial charge in [-0.05, 0) is 50.8 Å². The number of alkyl halides is 4. The molecule has 2 aromatic heterocycles. The summed E-state index contributed by atoms with van der Waals surface area (Å²) in [7, 11) is 1.38. The Balaban J connectivity index is 0.000000375. The third-order valence-corrected chi connectivity index (χ3v) is 10.5. The van der Waals surface area contributed by atoms with Gasteiger partial charge in [0.25, 0.3) is 5.91 Å². The Labute approximate surface area is 290 Å². The van der Waals surface area contributed by atoms with Crippen LogP contribution in [0.25, 0.3) is 0 Å². The van der Waals surface area contributed by atoms with Crippen LogP contribution in [0.3, 0.4) is 0 Å². The third kappa shape index (κ3) is 6.57. The first-order chi connectivity index (χ1) is 23.9. The summed E-state index contributed by atoms with van der Waals surface area (Å²) in [5, 5.41) is 4.77. The van der Waals surface area contributed by atoms with Gasteiger partial charge in [0.2, 0.25) is 0 Å². The molecule has 11 nitrogen and oxygen atoms in total. The topological polar surface area (TPSA) is 115 Å². The van der Waals surface area contributed by atoms with Gasteiger partial charge >= 0.3 is 12.2 Å². The Bertz CT molecular complexity index is 1760. The monoisotopic (exact) mass is 724 g/mol. The number of halogens is 6. The molecule has 50 heavy (non-hydrogen) atoms. The molecule has 0 aliphatic carbocycles. The van der Waals surface area contributed by atoms with Crippen LogP contribution in [0.5, 0.6) is 6.01 Å². The zero-order chi connectivity index (χ0) is 35.3. The molecule has 0 spiro atoms. The molecule has 3 saturated heterocycles. The number of aryl methyl sites for hydroxylation is 1. The van der Waals surface area contributed by atoms with Crippen LogP contribution >= 0.6 is 11.6 Å². The van der Waals surface area contributed by atoms with Crippen molar-refractivity contribution in [1.82, 2.24) is 29.5 Å². The maximum absolute atomic E-state index is 15.0. The lowest BCUT2D eigenvalue weighted by Crippen LogP contribution is -2.42. The van der Waals surface area contributed by atoms with Crippen molar-refractivity contribution in [3.63, 3.8) is 0 Å². The first-order valence-corrected chi connectivity index (χ1v) is 17.2. The predicted octanol–water partition coefficient (Wildman–Crippen LogP) is 5.34. The molecule has 5 aliphatic rings. The second-order valence-corrected chi connectivity index (χ2v) is 13.6. The molecule has 1 aromatic carbocycles. The summed E-state index contributed by atoms with van der Waals surface area (Å²) >= 11 is 6.68. The lowest BCUT2D eigenvalue weighted by Gasteiger charge is -2.31. The van der Waals surface area contributed by atoms with Crippen LogP contribution in [0.1, 0.15) is 76.8 Å². The van der Waals surface area contributed by atoms with Crippen molar-refractivity contribution < 1.29 is 36.2 Å². The average molecular weight is 725 g/mol. The van der Waals surface area contributed by atoms with Crippen molar-refractivity contribution in [2.45, 2.75) is 82.7 Å². The minimum atomic E-state index is -4.81. The number of rotatable bonds is 4. The number of anilines is 2. The molecular weight excluding hydrogens is 687 g/mol. The fourth-order valence-corrected chi connectivity index (χ4v) is 7.71. The van der Waals surface area contributed by atoms with Crippen molar-refractivity contribution in [2.75, 3.05) is 50.5 Å². The Hall–Kier alpha value is -3.76. The van der Waals surface area contributed by atoms with Crippen molar-refractivity contribution in [3.05, 3.63) is 56.7 Å². The van der Waals surface area contributed by atoms with Gasteiger partial charge in [-0.2, -0.15) is 28.2 Å². The highest BCUT2D eigenvalue weighted by atomic mass is 35.5. The van der Waals surface area contributed by atoms with Crippen molar-refractivity contribution in [2.24, 2.45) is 0 Å². The van der Waals surface area contributed by atoms with E-state index < -0.39 is 41.1 Å². The maximum atomic E-state index is 15.0. The van der Waals surface area contributed by atoms with Gasteiger partial charge in [-0.15, -0.1) is 0 Å². The van der Waals surface area contributed by atoms with Gasteiger partial charge in [0.1, 0.15) is 12.0 Å². The number of carbonyl (C=O) groups is 1. The summed E-state index contributed by atoms with van der Waals surface area (Å²) in [6, 6.07) is 2.25. The number of nitrogen functional groups attached to an aromatic ring is 1. The van der Waals surface area contributed by atoms with Gasteiger partial charge in [-0.1, -0.05) is 11.6 Å². The number of nitrogens with two attached hydrogens (primary N) is 1. The summed E-state index contributed by atoms with van der Waals surface area (Å²) in [6.07, 6.45) is -1.86. The molecule has 8 rings (SSSR count). The second kappa shape index (κ2) is 13.8.